The molecule has 0 amide bonds. The van der Waals surface area contributed by atoms with E-state index in [1.165, 1.54) is 6.92 Å². The molecule has 0 aromatic rings. The van der Waals surface area contributed by atoms with Gasteiger partial charge in [0.1, 0.15) is 0 Å². The van der Waals surface area contributed by atoms with Crippen molar-refractivity contribution in [2.45, 2.75) is 19.8 Å². The minimum atomic E-state index is -0.452. The summed E-state index contributed by atoms with van der Waals surface area (Å²) in [6.45, 7) is 1.30. The van der Waals surface area contributed by atoms with Crippen LogP contribution in [0.2, 0.25) is 0 Å². The maximum atomic E-state index is 11.6. The van der Waals surface area contributed by atoms with Crippen LogP contribution in [0.4, 0.5) is 0 Å². The highest BCUT2D eigenvalue weighted by Crippen LogP contribution is 2.32. The molecule has 1 saturated carbocycles. The van der Waals surface area contributed by atoms with Gasteiger partial charge in [-0.1, -0.05) is 0 Å². The van der Waals surface area contributed by atoms with Gasteiger partial charge in [0.15, 0.2) is 5.76 Å². The van der Waals surface area contributed by atoms with E-state index in [1.54, 1.807) is 25.2 Å². The zero-order chi connectivity index (χ0) is 10.7. The molecule has 4 nitrogen and oxygen atoms in total. The van der Waals surface area contributed by atoms with Crippen LogP contribution in [0, 0.1) is 5.92 Å². The van der Waals surface area contributed by atoms with Gasteiger partial charge in [-0.2, -0.15) is 0 Å². The highest BCUT2D eigenvalue weighted by Gasteiger charge is 2.33. The van der Waals surface area contributed by atoms with Crippen molar-refractivity contribution in [1.29, 1.82) is 0 Å². The van der Waals surface area contributed by atoms with Crippen molar-refractivity contribution in [3.05, 3.63) is 12.0 Å². The molecule has 4 heteroatoms. The SMILES string of the molecule is CC(=O)O/C(=C\N(C)C)C(=O)C1CC1. The molecule has 0 unspecified atom stereocenters. The Kier molecular flexibility index (Phi) is 3.28. The molecule has 0 heterocycles. The summed E-state index contributed by atoms with van der Waals surface area (Å²) in [5.41, 5.74) is 0. The summed E-state index contributed by atoms with van der Waals surface area (Å²) in [6, 6.07) is 0. The third-order valence-electron chi connectivity index (χ3n) is 1.82. The van der Waals surface area contributed by atoms with Crippen LogP contribution in [0.25, 0.3) is 0 Å². The normalized spacial score (nSPS) is 16.4. The Morgan fingerprint density at radius 2 is 1.93 bits per heavy atom. The Morgan fingerprint density at radius 1 is 1.36 bits per heavy atom. The predicted octanol–water partition coefficient (Wildman–Crippen LogP) is 0.932. The first kappa shape index (κ1) is 10.8. The summed E-state index contributed by atoms with van der Waals surface area (Å²) in [7, 11) is 3.56. The Balaban J connectivity index is 2.69. The molecule has 0 aromatic heterocycles. The van der Waals surface area contributed by atoms with Crippen molar-refractivity contribution in [2.24, 2.45) is 5.92 Å². The Bertz CT molecular complexity index is 277. The van der Waals surface area contributed by atoms with Gasteiger partial charge in [0, 0.05) is 33.1 Å². The van der Waals surface area contributed by atoms with Crippen molar-refractivity contribution in [2.75, 3.05) is 14.1 Å². The molecule has 1 aliphatic rings. The fourth-order valence-corrected chi connectivity index (χ4v) is 1.08. The summed E-state index contributed by atoms with van der Waals surface area (Å²) < 4.78 is 4.86. The Labute approximate surface area is 83.5 Å². The molecule has 14 heavy (non-hydrogen) atoms. The summed E-state index contributed by atoms with van der Waals surface area (Å²) in [6.07, 6.45) is 3.36. The van der Waals surface area contributed by atoms with E-state index in [1.807, 2.05) is 0 Å². The van der Waals surface area contributed by atoms with E-state index in [4.69, 9.17) is 4.74 Å². The van der Waals surface area contributed by atoms with Crippen LogP contribution in [0.1, 0.15) is 19.8 Å². The third-order valence-corrected chi connectivity index (χ3v) is 1.82. The number of carbonyl (C=O) groups excluding carboxylic acids is 2. The molecule has 0 bridgehead atoms. The number of hydrogen-bond donors (Lipinski definition) is 0. The average Bonchev–Trinajstić information content (AvgIpc) is 2.82. The monoisotopic (exact) mass is 197 g/mol. The highest BCUT2D eigenvalue weighted by molar-refractivity contribution is 5.98. The smallest absolute Gasteiger partial charge is 0.308 e. The highest BCUT2D eigenvalue weighted by atomic mass is 16.5. The van der Waals surface area contributed by atoms with Crippen molar-refractivity contribution in [1.82, 2.24) is 4.90 Å². The average molecular weight is 197 g/mol. The largest absolute Gasteiger partial charge is 0.421 e. The minimum absolute atomic E-state index is 0.0612. The maximum absolute atomic E-state index is 11.6. The molecule has 0 saturated heterocycles. The van der Waals surface area contributed by atoms with E-state index >= 15 is 0 Å². The van der Waals surface area contributed by atoms with E-state index in [2.05, 4.69) is 0 Å². The number of ether oxygens (including phenoxy) is 1. The third kappa shape index (κ3) is 3.20. The molecule has 78 valence electrons. The van der Waals surface area contributed by atoms with Gasteiger partial charge in [-0.15, -0.1) is 0 Å². The van der Waals surface area contributed by atoms with Crippen LogP contribution in [-0.4, -0.2) is 30.7 Å². The zero-order valence-electron chi connectivity index (χ0n) is 8.74. The number of esters is 1. The second-order valence-electron chi connectivity index (χ2n) is 3.69. The van der Waals surface area contributed by atoms with Crippen molar-refractivity contribution < 1.29 is 14.3 Å². The molecule has 1 fully saturated rings. The predicted molar refractivity (Wildman–Crippen MR) is 51.3 cm³/mol. The topological polar surface area (TPSA) is 46.6 Å². The lowest BCUT2D eigenvalue weighted by Gasteiger charge is -2.09. The van der Waals surface area contributed by atoms with Crippen LogP contribution >= 0.6 is 0 Å². The fourth-order valence-electron chi connectivity index (χ4n) is 1.08. The minimum Gasteiger partial charge on any atom is -0.421 e. The quantitative estimate of drug-likeness (QED) is 0.382. The molecule has 0 aliphatic heterocycles. The number of allylic oxidation sites excluding steroid dienone is 1. The number of ketones is 1. The van der Waals surface area contributed by atoms with Gasteiger partial charge < -0.3 is 9.64 Å². The Hall–Kier alpha value is -1.32. The first-order valence-electron chi connectivity index (χ1n) is 4.61. The lowest BCUT2D eigenvalue weighted by Crippen LogP contribution is -2.15. The molecule has 0 N–H and O–H groups in total. The molecular weight excluding hydrogens is 182 g/mol. The summed E-state index contributed by atoms with van der Waals surface area (Å²) in [5, 5.41) is 0. The van der Waals surface area contributed by atoms with Crippen LogP contribution in [-0.2, 0) is 14.3 Å². The second kappa shape index (κ2) is 4.26. The first-order valence-corrected chi connectivity index (χ1v) is 4.61. The molecular formula is C10H15NO3. The van der Waals surface area contributed by atoms with Crippen molar-refractivity contribution in [3.63, 3.8) is 0 Å². The summed E-state index contributed by atoms with van der Waals surface area (Å²) in [5.74, 6) is -0.286. The van der Waals surface area contributed by atoms with Gasteiger partial charge in [-0.05, 0) is 12.8 Å². The van der Waals surface area contributed by atoms with Crippen LogP contribution < -0.4 is 0 Å². The lowest BCUT2D eigenvalue weighted by atomic mass is 10.2. The van der Waals surface area contributed by atoms with Crippen molar-refractivity contribution >= 4 is 11.8 Å². The maximum Gasteiger partial charge on any atom is 0.308 e. The molecule has 1 aliphatic carbocycles. The standard InChI is InChI=1S/C10H15NO3/c1-7(12)14-9(6-11(2)3)10(13)8-4-5-8/h6,8H,4-5H2,1-3H3/b9-6-. The van der Waals surface area contributed by atoms with E-state index in [0.717, 1.165) is 12.8 Å². The van der Waals surface area contributed by atoms with E-state index < -0.39 is 5.97 Å². The summed E-state index contributed by atoms with van der Waals surface area (Å²) in [4.78, 5) is 24.0. The Morgan fingerprint density at radius 3 is 2.29 bits per heavy atom. The molecule has 0 spiro atoms. The van der Waals surface area contributed by atoms with Gasteiger partial charge in [-0.25, -0.2) is 0 Å². The number of Topliss-reactive ketones (excluding diaryl/α,β-unsaturated/α-hetero) is 1. The number of hydrogen-bond acceptors (Lipinski definition) is 4. The van der Waals surface area contributed by atoms with Gasteiger partial charge >= 0.3 is 5.97 Å². The number of carbonyl (C=O) groups is 2. The van der Waals surface area contributed by atoms with Gasteiger partial charge in [-0.3, -0.25) is 9.59 Å². The van der Waals surface area contributed by atoms with E-state index in [0.29, 0.717) is 0 Å². The van der Waals surface area contributed by atoms with Crippen molar-refractivity contribution in [3.8, 4) is 0 Å². The fraction of sp³-hybridized carbons (Fsp3) is 0.600. The van der Waals surface area contributed by atoms with Gasteiger partial charge in [0.2, 0.25) is 5.78 Å². The van der Waals surface area contributed by atoms with Crippen LogP contribution in [0.15, 0.2) is 12.0 Å². The number of rotatable bonds is 4. The zero-order valence-corrected chi connectivity index (χ0v) is 8.74. The van der Waals surface area contributed by atoms with Crippen LogP contribution in [0.3, 0.4) is 0 Å². The van der Waals surface area contributed by atoms with E-state index in [-0.39, 0.29) is 17.5 Å². The number of nitrogens with zero attached hydrogens (tertiary/aromatic N) is 1. The second-order valence-corrected chi connectivity index (χ2v) is 3.69. The molecule has 0 atom stereocenters. The van der Waals surface area contributed by atoms with E-state index in [9.17, 15) is 9.59 Å². The van der Waals surface area contributed by atoms with Crippen LogP contribution in [0.5, 0.6) is 0 Å². The van der Waals surface area contributed by atoms with Gasteiger partial charge in [0.05, 0.1) is 0 Å². The summed E-state index contributed by atoms with van der Waals surface area (Å²) >= 11 is 0. The molecule has 0 aromatic carbocycles. The molecule has 0 radical (unpaired) electrons. The first-order chi connectivity index (χ1) is 6.50. The van der Waals surface area contributed by atoms with Gasteiger partial charge in [0.25, 0.3) is 0 Å². The molecule has 1 rings (SSSR count). The lowest BCUT2D eigenvalue weighted by molar-refractivity contribution is -0.140.